The van der Waals surface area contributed by atoms with Gasteiger partial charge >= 0.3 is 11.9 Å². The maximum atomic E-state index is 13.1. The number of hydrogen-bond acceptors (Lipinski definition) is 4. The summed E-state index contributed by atoms with van der Waals surface area (Å²) in [4.78, 5) is 24.2. The zero-order chi connectivity index (χ0) is 18.8. The summed E-state index contributed by atoms with van der Waals surface area (Å²) in [6.45, 7) is 2.26. The number of esters is 2. The summed E-state index contributed by atoms with van der Waals surface area (Å²) in [5.41, 5.74) is -1.91. The van der Waals surface area contributed by atoms with Gasteiger partial charge in [0.15, 0.2) is 5.41 Å². The van der Waals surface area contributed by atoms with Crippen molar-refractivity contribution in [3.05, 3.63) is 59.7 Å². The first-order valence-corrected chi connectivity index (χ1v) is 6.94. The van der Waals surface area contributed by atoms with Gasteiger partial charge in [-0.3, -0.25) is 9.59 Å². The summed E-state index contributed by atoms with van der Waals surface area (Å²) in [5, 5.41) is 0. The van der Waals surface area contributed by atoms with E-state index in [-0.39, 0.29) is 0 Å². The van der Waals surface area contributed by atoms with Crippen LogP contribution >= 0.6 is 0 Å². The molecule has 0 aliphatic rings. The third kappa shape index (κ3) is 4.56. The Hall–Kier alpha value is -2.90. The van der Waals surface area contributed by atoms with Crippen LogP contribution in [0.5, 0.6) is 11.5 Å². The topological polar surface area (TPSA) is 52.6 Å². The van der Waals surface area contributed by atoms with Crippen LogP contribution < -0.4 is 9.47 Å². The van der Waals surface area contributed by atoms with Crippen LogP contribution in [-0.4, -0.2) is 11.9 Å². The van der Waals surface area contributed by atoms with E-state index >= 15 is 0 Å². The molecular weight excluding hydrogens is 344 g/mol. The first-order chi connectivity index (χ1) is 11.6. The van der Waals surface area contributed by atoms with Crippen LogP contribution in [-0.2, 0) is 9.59 Å². The minimum atomic E-state index is -1.91. The molecule has 0 bridgehead atoms. The highest BCUT2D eigenvalue weighted by molar-refractivity contribution is 6.00. The predicted molar refractivity (Wildman–Crippen MR) is 77.8 cm³/mol. The van der Waals surface area contributed by atoms with Crippen LogP contribution in [0.25, 0.3) is 0 Å². The molecule has 0 aliphatic heterocycles. The number of carbonyl (C=O) groups excluding carboxylic acids is 2. The Morgan fingerprint density at radius 1 is 0.680 bits per heavy atom. The molecule has 0 saturated heterocycles. The van der Waals surface area contributed by atoms with Crippen molar-refractivity contribution >= 4 is 11.9 Å². The van der Waals surface area contributed by atoms with Crippen molar-refractivity contribution in [2.24, 2.45) is 5.41 Å². The standard InChI is InChI=1S/C17H12F4O4/c1-17(2,15(22)24-13-5-9(18)3-10(19)6-13)16(23)25-14-7-11(20)4-12(21)8-14/h3-8H,1-2H3. The zero-order valence-corrected chi connectivity index (χ0v) is 13.1. The van der Waals surface area contributed by atoms with Gasteiger partial charge in [-0.2, -0.15) is 0 Å². The predicted octanol–water partition coefficient (Wildman–Crippen LogP) is 3.78. The van der Waals surface area contributed by atoms with E-state index in [9.17, 15) is 27.2 Å². The first-order valence-electron chi connectivity index (χ1n) is 6.94. The van der Waals surface area contributed by atoms with E-state index in [0.717, 1.165) is 38.1 Å². The Morgan fingerprint density at radius 2 is 0.960 bits per heavy atom. The van der Waals surface area contributed by atoms with E-state index in [1.165, 1.54) is 0 Å². The summed E-state index contributed by atoms with van der Waals surface area (Å²) in [6, 6.07) is 4.17. The minimum Gasteiger partial charge on any atom is -0.425 e. The fourth-order valence-electron chi connectivity index (χ4n) is 1.73. The second-order valence-electron chi connectivity index (χ2n) is 5.61. The number of carbonyl (C=O) groups is 2. The van der Waals surface area contributed by atoms with E-state index < -0.39 is 52.1 Å². The Bertz CT molecular complexity index is 725. The smallest absolute Gasteiger partial charge is 0.328 e. The molecule has 0 fully saturated rings. The molecule has 0 saturated carbocycles. The van der Waals surface area contributed by atoms with Crippen LogP contribution in [0.3, 0.4) is 0 Å². The highest BCUT2D eigenvalue weighted by atomic mass is 19.1. The van der Waals surface area contributed by atoms with E-state index in [2.05, 4.69) is 0 Å². The maximum absolute atomic E-state index is 13.1. The van der Waals surface area contributed by atoms with Crippen LogP contribution in [0.15, 0.2) is 36.4 Å². The number of ether oxygens (including phenoxy) is 2. The Labute approximate surface area is 140 Å². The molecule has 132 valence electrons. The molecule has 0 heterocycles. The van der Waals surface area contributed by atoms with Gasteiger partial charge in [0.2, 0.25) is 0 Å². The molecule has 0 aliphatic carbocycles. The van der Waals surface area contributed by atoms with Crippen LogP contribution in [0, 0.1) is 28.7 Å². The zero-order valence-electron chi connectivity index (χ0n) is 13.1. The van der Waals surface area contributed by atoms with Gasteiger partial charge in [-0.1, -0.05) is 0 Å². The largest absolute Gasteiger partial charge is 0.425 e. The second kappa shape index (κ2) is 6.92. The number of benzene rings is 2. The molecule has 8 heteroatoms. The summed E-state index contributed by atoms with van der Waals surface area (Å²) < 4.78 is 62.0. The van der Waals surface area contributed by atoms with Crippen molar-refractivity contribution in [2.45, 2.75) is 13.8 Å². The first kappa shape index (κ1) is 18.4. The van der Waals surface area contributed by atoms with Gasteiger partial charge in [0.1, 0.15) is 34.8 Å². The fourth-order valence-corrected chi connectivity index (χ4v) is 1.73. The van der Waals surface area contributed by atoms with Crippen molar-refractivity contribution in [3.63, 3.8) is 0 Å². The third-order valence-corrected chi connectivity index (χ3v) is 3.11. The van der Waals surface area contributed by atoms with Gasteiger partial charge in [-0.15, -0.1) is 0 Å². The van der Waals surface area contributed by atoms with Crippen molar-refractivity contribution in [2.75, 3.05) is 0 Å². The second-order valence-corrected chi connectivity index (χ2v) is 5.61. The molecular formula is C17H12F4O4. The highest BCUT2D eigenvalue weighted by Crippen LogP contribution is 2.25. The van der Waals surface area contributed by atoms with Crippen LogP contribution in [0.1, 0.15) is 13.8 Å². The van der Waals surface area contributed by atoms with Crippen molar-refractivity contribution in [3.8, 4) is 11.5 Å². The summed E-state index contributed by atoms with van der Waals surface area (Å²) in [7, 11) is 0. The van der Waals surface area contributed by atoms with Crippen molar-refractivity contribution < 1.29 is 36.6 Å². The van der Waals surface area contributed by atoms with Gasteiger partial charge in [-0.25, -0.2) is 17.6 Å². The molecule has 0 amide bonds. The molecule has 2 aromatic rings. The third-order valence-electron chi connectivity index (χ3n) is 3.11. The number of rotatable bonds is 4. The average molecular weight is 356 g/mol. The van der Waals surface area contributed by atoms with Gasteiger partial charge in [-0.05, 0) is 13.8 Å². The molecule has 2 aromatic carbocycles. The van der Waals surface area contributed by atoms with Gasteiger partial charge < -0.3 is 9.47 Å². The van der Waals surface area contributed by atoms with E-state index in [1.54, 1.807) is 0 Å². The molecule has 0 aromatic heterocycles. The lowest BCUT2D eigenvalue weighted by atomic mass is 9.94. The summed E-state index contributed by atoms with van der Waals surface area (Å²) in [6.07, 6.45) is 0. The van der Waals surface area contributed by atoms with Crippen LogP contribution in [0.2, 0.25) is 0 Å². The molecule has 25 heavy (non-hydrogen) atoms. The Morgan fingerprint density at radius 3 is 1.24 bits per heavy atom. The monoisotopic (exact) mass is 356 g/mol. The lowest BCUT2D eigenvalue weighted by molar-refractivity contribution is -0.158. The molecule has 0 unspecified atom stereocenters. The summed E-state index contributed by atoms with van der Waals surface area (Å²) in [5.74, 6) is -7.12. The molecule has 0 radical (unpaired) electrons. The minimum absolute atomic E-state index is 0.444. The molecule has 4 nitrogen and oxygen atoms in total. The molecule has 0 N–H and O–H groups in total. The van der Waals surface area contributed by atoms with Gasteiger partial charge in [0.25, 0.3) is 0 Å². The van der Waals surface area contributed by atoms with Gasteiger partial charge in [0, 0.05) is 36.4 Å². The van der Waals surface area contributed by atoms with Crippen molar-refractivity contribution in [1.82, 2.24) is 0 Å². The fraction of sp³-hybridized carbons (Fsp3) is 0.176. The maximum Gasteiger partial charge on any atom is 0.328 e. The van der Waals surface area contributed by atoms with E-state index in [0.29, 0.717) is 12.1 Å². The quantitative estimate of drug-likeness (QED) is 0.362. The lowest BCUT2D eigenvalue weighted by Gasteiger charge is -2.20. The molecule has 2 rings (SSSR count). The normalized spacial score (nSPS) is 11.1. The Kier molecular flexibility index (Phi) is 5.10. The van der Waals surface area contributed by atoms with E-state index in [4.69, 9.17) is 9.47 Å². The number of hydrogen-bond donors (Lipinski definition) is 0. The highest BCUT2D eigenvalue weighted by Gasteiger charge is 2.40. The lowest BCUT2D eigenvalue weighted by Crippen LogP contribution is -2.39. The SMILES string of the molecule is CC(C)(C(=O)Oc1cc(F)cc(F)c1)C(=O)Oc1cc(F)cc(F)c1. The molecule has 0 atom stereocenters. The van der Waals surface area contributed by atoms with Gasteiger partial charge in [0.05, 0.1) is 0 Å². The molecule has 0 spiro atoms. The average Bonchev–Trinajstić information content (AvgIpc) is 2.44. The van der Waals surface area contributed by atoms with E-state index in [1.807, 2.05) is 0 Å². The Balaban J connectivity index is 2.15. The summed E-state index contributed by atoms with van der Waals surface area (Å²) >= 11 is 0. The van der Waals surface area contributed by atoms with Crippen molar-refractivity contribution in [1.29, 1.82) is 0 Å². The van der Waals surface area contributed by atoms with Crippen LogP contribution in [0.4, 0.5) is 17.6 Å². The number of halogens is 4.